The van der Waals surface area contributed by atoms with E-state index < -0.39 is 0 Å². The standard InChI is InChI=1S/C21H37N3O2/c25-19(11-17-23-14-7-1-4-10-20(23)26)22-18-21(12-5-2-6-13-21)24-15-8-3-9-16-24/h1-18H2,(H,22,25). The van der Waals surface area contributed by atoms with E-state index in [0.29, 0.717) is 19.4 Å². The van der Waals surface area contributed by atoms with Crippen molar-refractivity contribution in [2.45, 2.75) is 89.0 Å². The molecule has 2 aliphatic heterocycles. The van der Waals surface area contributed by atoms with Gasteiger partial charge in [0.2, 0.25) is 11.8 Å². The fourth-order valence-corrected chi connectivity index (χ4v) is 5.05. The average molecular weight is 364 g/mol. The van der Waals surface area contributed by atoms with Crippen LogP contribution in [0.15, 0.2) is 0 Å². The molecule has 0 radical (unpaired) electrons. The number of hydrogen-bond donors (Lipinski definition) is 1. The predicted molar refractivity (Wildman–Crippen MR) is 104 cm³/mol. The molecule has 5 nitrogen and oxygen atoms in total. The number of amides is 2. The Morgan fingerprint density at radius 3 is 2.31 bits per heavy atom. The number of rotatable bonds is 6. The Bertz CT molecular complexity index is 468. The molecular weight excluding hydrogens is 326 g/mol. The number of nitrogens with zero attached hydrogens (tertiary/aromatic N) is 2. The number of nitrogens with one attached hydrogen (secondary N) is 1. The number of carbonyl (C=O) groups excluding carboxylic acids is 2. The highest BCUT2D eigenvalue weighted by atomic mass is 16.2. The van der Waals surface area contributed by atoms with Gasteiger partial charge in [-0.3, -0.25) is 14.5 Å². The van der Waals surface area contributed by atoms with Crippen molar-refractivity contribution in [2.75, 3.05) is 32.7 Å². The molecule has 0 spiro atoms. The van der Waals surface area contributed by atoms with Crippen LogP contribution in [0.2, 0.25) is 0 Å². The minimum atomic E-state index is 0.115. The van der Waals surface area contributed by atoms with Crippen molar-refractivity contribution in [1.29, 1.82) is 0 Å². The highest BCUT2D eigenvalue weighted by molar-refractivity contribution is 5.79. The van der Waals surface area contributed by atoms with Crippen molar-refractivity contribution in [3.63, 3.8) is 0 Å². The molecule has 3 aliphatic rings. The molecule has 0 aromatic rings. The van der Waals surface area contributed by atoms with Gasteiger partial charge in [-0.2, -0.15) is 0 Å². The fourth-order valence-electron chi connectivity index (χ4n) is 5.05. The van der Waals surface area contributed by atoms with Crippen molar-refractivity contribution in [1.82, 2.24) is 15.1 Å². The first kappa shape index (κ1) is 19.7. The highest BCUT2D eigenvalue weighted by Crippen LogP contribution is 2.35. The minimum absolute atomic E-state index is 0.115. The second kappa shape index (κ2) is 9.72. The SMILES string of the molecule is O=C(CCN1CCCCCC1=O)NCC1(N2CCCCC2)CCCCC1. The molecule has 1 aliphatic carbocycles. The van der Waals surface area contributed by atoms with Crippen molar-refractivity contribution >= 4 is 11.8 Å². The van der Waals surface area contributed by atoms with Crippen LogP contribution in [-0.2, 0) is 9.59 Å². The monoisotopic (exact) mass is 363 g/mol. The maximum atomic E-state index is 12.5. The van der Waals surface area contributed by atoms with Gasteiger partial charge in [0.25, 0.3) is 0 Å². The van der Waals surface area contributed by atoms with E-state index >= 15 is 0 Å². The Hall–Kier alpha value is -1.10. The van der Waals surface area contributed by atoms with Crippen LogP contribution in [0.3, 0.4) is 0 Å². The molecule has 0 unspecified atom stereocenters. The van der Waals surface area contributed by atoms with E-state index in [2.05, 4.69) is 10.2 Å². The van der Waals surface area contributed by atoms with Crippen LogP contribution < -0.4 is 5.32 Å². The van der Waals surface area contributed by atoms with Gasteiger partial charge in [-0.05, 0) is 51.6 Å². The average Bonchev–Trinajstić information content (AvgIpc) is 2.90. The van der Waals surface area contributed by atoms with Crippen molar-refractivity contribution in [2.24, 2.45) is 0 Å². The van der Waals surface area contributed by atoms with E-state index in [1.807, 2.05) is 4.90 Å². The molecule has 2 heterocycles. The van der Waals surface area contributed by atoms with Crippen LogP contribution in [-0.4, -0.2) is 59.9 Å². The topological polar surface area (TPSA) is 52.7 Å². The summed E-state index contributed by atoms with van der Waals surface area (Å²) in [5.41, 5.74) is 0.187. The van der Waals surface area contributed by atoms with E-state index in [1.54, 1.807) is 0 Å². The van der Waals surface area contributed by atoms with Crippen LogP contribution >= 0.6 is 0 Å². The summed E-state index contributed by atoms with van der Waals surface area (Å²) in [5.74, 6) is 0.344. The van der Waals surface area contributed by atoms with Gasteiger partial charge in [0.05, 0.1) is 0 Å². The molecule has 0 aromatic heterocycles. The van der Waals surface area contributed by atoms with Crippen LogP contribution in [0.25, 0.3) is 0 Å². The van der Waals surface area contributed by atoms with Crippen LogP contribution in [0.4, 0.5) is 0 Å². The van der Waals surface area contributed by atoms with Gasteiger partial charge < -0.3 is 10.2 Å². The molecule has 3 rings (SSSR count). The second-order valence-electron chi connectivity index (χ2n) is 8.55. The van der Waals surface area contributed by atoms with E-state index in [9.17, 15) is 9.59 Å². The molecule has 148 valence electrons. The Kier molecular flexibility index (Phi) is 7.35. The minimum Gasteiger partial charge on any atom is -0.354 e. The number of piperidine rings is 1. The van der Waals surface area contributed by atoms with E-state index in [4.69, 9.17) is 0 Å². The molecule has 0 aromatic carbocycles. The third-order valence-corrected chi connectivity index (χ3v) is 6.71. The van der Waals surface area contributed by atoms with Gasteiger partial charge in [0.15, 0.2) is 0 Å². The summed E-state index contributed by atoms with van der Waals surface area (Å²) in [7, 11) is 0. The molecule has 0 atom stereocenters. The van der Waals surface area contributed by atoms with E-state index in [-0.39, 0.29) is 17.4 Å². The lowest BCUT2D eigenvalue weighted by molar-refractivity contribution is -0.131. The van der Waals surface area contributed by atoms with Gasteiger partial charge in [-0.25, -0.2) is 0 Å². The number of hydrogen-bond acceptors (Lipinski definition) is 3. The lowest BCUT2D eigenvalue weighted by Gasteiger charge is -2.48. The molecule has 3 fully saturated rings. The molecule has 1 saturated carbocycles. The van der Waals surface area contributed by atoms with Gasteiger partial charge in [-0.1, -0.05) is 32.1 Å². The smallest absolute Gasteiger partial charge is 0.222 e. The maximum Gasteiger partial charge on any atom is 0.222 e. The summed E-state index contributed by atoms with van der Waals surface area (Å²) in [6.45, 7) is 4.58. The van der Waals surface area contributed by atoms with Crippen molar-refractivity contribution in [3.05, 3.63) is 0 Å². The molecule has 26 heavy (non-hydrogen) atoms. The first-order valence-electron chi connectivity index (χ1n) is 11.0. The van der Waals surface area contributed by atoms with Crippen LogP contribution in [0, 0.1) is 0 Å². The largest absolute Gasteiger partial charge is 0.354 e. The Morgan fingerprint density at radius 2 is 1.54 bits per heavy atom. The summed E-state index contributed by atoms with van der Waals surface area (Å²) < 4.78 is 0. The predicted octanol–water partition coefficient (Wildman–Crippen LogP) is 3.08. The molecule has 0 bridgehead atoms. The normalized spacial score (nSPS) is 24.9. The molecule has 5 heteroatoms. The highest BCUT2D eigenvalue weighted by Gasteiger charge is 2.38. The molecular formula is C21H37N3O2. The molecule has 1 N–H and O–H groups in total. The second-order valence-corrected chi connectivity index (χ2v) is 8.55. The Morgan fingerprint density at radius 1 is 0.885 bits per heavy atom. The van der Waals surface area contributed by atoms with Crippen LogP contribution in [0.1, 0.15) is 83.5 Å². The maximum absolute atomic E-state index is 12.5. The summed E-state index contributed by atoms with van der Waals surface area (Å²) in [6.07, 6.45) is 14.6. The Labute approximate surface area is 158 Å². The summed E-state index contributed by atoms with van der Waals surface area (Å²) >= 11 is 0. The fraction of sp³-hybridized carbons (Fsp3) is 0.905. The summed E-state index contributed by atoms with van der Waals surface area (Å²) in [5, 5.41) is 3.24. The zero-order valence-corrected chi connectivity index (χ0v) is 16.4. The van der Waals surface area contributed by atoms with Gasteiger partial charge in [0, 0.05) is 38.0 Å². The first-order chi connectivity index (χ1) is 12.7. The van der Waals surface area contributed by atoms with Gasteiger partial charge in [-0.15, -0.1) is 0 Å². The number of carbonyl (C=O) groups is 2. The molecule has 2 amide bonds. The van der Waals surface area contributed by atoms with Gasteiger partial charge >= 0.3 is 0 Å². The number of likely N-dealkylation sites (tertiary alicyclic amines) is 2. The quantitative estimate of drug-likeness (QED) is 0.789. The first-order valence-corrected chi connectivity index (χ1v) is 11.0. The third-order valence-electron chi connectivity index (χ3n) is 6.71. The lowest BCUT2D eigenvalue weighted by Crippen LogP contribution is -2.58. The Balaban J connectivity index is 1.48. The van der Waals surface area contributed by atoms with Crippen LogP contribution in [0.5, 0.6) is 0 Å². The molecule has 2 saturated heterocycles. The lowest BCUT2D eigenvalue weighted by atomic mass is 9.79. The van der Waals surface area contributed by atoms with E-state index in [0.717, 1.165) is 32.4 Å². The van der Waals surface area contributed by atoms with E-state index in [1.165, 1.54) is 64.5 Å². The zero-order valence-electron chi connectivity index (χ0n) is 16.4. The summed E-state index contributed by atoms with van der Waals surface area (Å²) in [4.78, 5) is 29.1. The van der Waals surface area contributed by atoms with Gasteiger partial charge in [0.1, 0.15) is 0 Å². The third kappa shape index (κ3) is 5.21. The van der Waals surface area contributed by atoms with Crippen molar-refractivity contribution in [3.8, 4) is 0 Å². The zero-order chi connectivity index (χ0) is 18.2. The van der Waals surface area contributed by atoms with Crippen molar-refractivity contribution < 1.29 is 9.59 Å². The summed E-state index contributed by atoms with van der Waals surface area (Å²) in [6, 6.07) is 0.